The van der Waals surface area contributed by atoms with Crippen molar-refractivity contribution < 1.29 is 0 Å². The smallest absolute Gasteiger partial charge is 0.0284 e. The van der Waals surface area contributed by atoms with Crippen LogP contribution in [0.1, 0.15) is 6.42 Å². The second-order valence-corrected chi connectivity index (χ2v) is 2.07. The molecular formula is C6H11N. The molecule has 40 valence electrons. The van der Waals surface area contributed by atoms with Gasteiger partial charge in [0.1, 0.15) is 0 Å². The summed E-state index contributed by atoms with van der Waals surface area (Å²) in [6.07, 6.45) is 3.31. The highest BCUT2D eigenvalue weighted by Gasteiger charge is 2.19. The molecule has 1 aliphatic heterocycles. The summed E-state index contributed by atoms with van der Waals surface area (Å²) in [5.74, 6) is 0. The Labute approximate surface area is 44.6 Å². The summed E-state index contributed by atoms with van der Waals surface area (Å²) >= 11 is 0. The maximum absolute atomic E-state index is 3.69. The molecule has 0 aromatic carbocycles. The van der Waals surface area contributed by atoms with E-state index in [9.17, 15) is 0 Å². The molecule has 1 saturated heterocycles. The summed E-state index contributed by atoms with van der Waals surface area (Å²) in [7, 11) is 2.12. The molecular weight excluding hydrogens is 86.1 g/mol. The lowest BCUT2D eigenvalue weighted by atomic mass is 10.1. The Kier molecular flexibility index (Phi) is 1.15. The molecule has 1 heteroatoms. The first-order valence-corrected chi connectivity index (χ1v) is 2.67. The van der Waals surface area contributed by atoms with Gasteiger partial charge < -0.3 is 0 Å². The van der Waals surface area contributed by atoms with E-state index < -0.39 is 0 Å². The van der Waals surface area contributed by atoms with E-state index >= 15 is 0 Å². The van der Waals surface area contributed by atoms with Gasteiger partial charge in [-0.1, -0.05) is 6.08 Å². The van der Waals surface area contributed by atoms with Crippen LogP contribution in [0.5, 0.6) is 0 Å². The van der Waals surface area contributed by atoms with Gasteiger partial charge in [-0.05, 0) is 13.5 Å². The minimum absolute atomic E-state index is 0.681. The SMILES string of the molecule is C=C[C@H]1CCN1C. The highest BCUT2D eigenvalue weighted by Crippen LogP contribution is 2.13. The van der Waals surface area contributed by atoms with Crippen LogP contribution in [0.15, 0.2) is 12.7 Å². The highest BCUT2D eigenvalue weighted by atomic mass is 15.2. The van der Waals surface area contributed by atoms with Gasteiger partial charge in [0, 0.05) is 12.6 Å². The van der Waals surface area contributed by atoms with Crippen LogP contribution in [-0.4, -0.2) is 24.5 Å². The standard InChI is InChI=1S/C6H11N/c1-3-6-4-5-7(6)2/h3,6H,1,4-5H2,2H3/t6-/m0/s1. The molecule has 0 aromatic rings. The molecule has 1 fully saturated rings. The summed E-state index contributed by atoms with van der Waals surface area (Å²) in [6.45, 7) is 4.94. The molecule has 0 unspecified atom stereocenters. The van der Waals surface area contributed by atoms with Crippen LogP contribution in [0, 0.1) is 0 Å². The van der Waals surface area contributed by atoms with Crippen molar-refractivity contribution in [3.05, 3.63) is 12.7 Å². The van der Waals surface area contributed by atoms with E-state index in [4.69, 9.17) is 0 Å². The summed E-state index contributed by atoms with van der Waals surface area (Å²) < 4.78 is 0. The van der Waals surface area contributed by atoms with E-state index in [0.29, 0.717) is 6.04 Å². The molecule has 0 N–H and O–H groups in total. The van der Waals surface area contributed by atoms with Crippen molar-refractivity contribution in [1.82, 2.24) is 4.90 Å². The average molecular weight is 97.2 g/mol. The summed E-state index contributed by atoms with van der Waals surface area (Å²) in [6, 6.07) is 0.681. The largest absolute Gasteiger partial charge is 0.300 e. The third-order valence-electron chi connectivity index (χ3n) is 1.62. The molecule has 1 aliphatic rings. The Morgan fingerprint density at radius 1 is 1.86 bits per heavy atom. The lowest BCUT2D eigenvalue weighted by molar-refractivity contribution is 0.166. The first-order valence-electron chi connectivity index (χ1n) is 2.67. The van der Waals surface area contributed by atoms with Crippen molar-refractivity contribution in [2.75, 3.05) is 13.6 Å². The van der Waals surface area contributed by atoms with Crippen molar-refractivity contribution in [2.24, 2.45) is 0 Å². The van der Waals surface area contributed by atoms with E-state index in [1.807, 2.05) is 6.08 Å². The summed E-state index contributed by atoms with van der Waals surface area (Å²) in [4.78, 5) is 2.28. The molecule has 0 radical (unpaired) electrons. The highest BCUT2D eigenvalue weighted by molar-refractivity contribution is 4.93. The van der Waals surface area contributed by atoms with E-state index in [2.05, 4.69) is 18.5 Å². The van der Waals surface area contributed by atoms with E-state index in [1.165, 1.54) is 13.0 Å². The van der Waals surface area contributed by atoms with E-state index in [-0.39, 0.29) is 0 Å². The van der Waals surface area contributed by atoms with Gasteiger partial charge in [0.05, 0.1) is 0 Å². The van der Waals surface area contributed by atoms with Crippen molar-refractivity contribution in [1.29, 1.82) is 0 Å². The number of likely N-dealkylation sites (tertiary alicyclic amines) is 1. The predicted octanol–water partition coefficient (Wildman–Crippen LogP) is 0.876. The van der Waals surface area contributed by atoms with Gasteiger partial charge >= 0.3 is 0 Å². The number of nitrogens with zero attached hydrogens (tertiary/aromatic N) is 1. The molecule has 1 atom stereocenters. The molecule has 0 aromatic heterocycles. The number of rotatable bonds is 1. The molecule has 7 heavy (non-hydrogen) atoms. The van der Waals surface area contributed by atoms with E-state index in [1.54, 1.807) is 0 Å². The van der Waals surface area contributed by atoms with Crippen LogP contribution < -0.4 is 0 Å². The molecule has 0 saturated carbocycles. The summed E-state index contributed by atoms with van der Waals surface area (Å²) in [5, 5.41) is 0. The van der Waals surface area contributed by atoms with Crippen molar-refractivity contribution in [3.63, 3.8) is 0 Å². The van der Waals surface area contributed by atoms with Crippen LogP contribution in [0.25, 0.3) is 0 Å². The first-order chi connectivity index (χ1) is 3.34. The fourth-order valence-electron chi connectivity index (χ4n) is 0.834. The van der Waals surface area contributed by atoms with Crippen LogP contribution in [0.2, 0.25) is 0 Å². The monoisotopic (exact) mass is 97.1 g/mol. The zero-order valence-corrected chi connectivity index (χ0v) is 4.72. The normalized spacial score (nSPS) is 31.9. The van der Waals surface area contributed by atoms with Gasteiger partial charge in [-0.15, -0.1) is 6.58 Å². The van der Waals surface area contributed by atoms with Gasteiger partial charge in [-0.3, -0.25) is 4.90 Å². The van der Waals surface area contributed by atoms with Crippen LogP contribution >= 0.6 is 0 Å². The maximum atomic E-state index is 3.69. The third-order valence-corrected chi connectivity index (χ3v) is 1.62. The number of hydrogen-bond donors (Lipinski definition) is 0. The third kappa shape index (κ3) is 0.682. The van der Waals surface area contributed by atoms with Crippen LogP contribution in [-0.2, 0) is 0 Å². The van der Waals surface area contributed by atoms with Crippen LogP contribution in [0.4, 0.5) is 0 Å². The Bertz CT molecular complexity index is 78.2. The summed E-state index contributed by atoms with van der Waals surface area (Å²) in [5.41, 5.74) is 0. The van der Waals surface area contributed by atoms with Crippen molar-refractivity contribution >= 4 is 0 Å². The zero-order valence-electron chi connectivity index (χ0n) is 4.72. The maximum Gasteiger partial charge on any atom is 0.0284 e. The second-order valence-electron chi connectivity index (χ2n) is 2.07. The molecule has 0 amide bonds. The fourth-order valence-corrected chi connectivity index (χ4v) is 0.834. The topological polar surface area (TPSA) is 3.24 Å². The van der Waals surface area contributed by atoms with Gasteiger partial charge in [0.25, 0.3) is 0 Å². The van der Waals surface area contributed by atoms with Crippen molar-refractivity contribution in [2.45, 2.75) is 12.5 Å². The van der Waals surface area contributed by atoms with Gasteiger partial charge in [0.15, 0.2) is 0 Å². The Hall–Kier alpha value is -0.300. The second kappa shape index (κ2) is 1.66. The number of likely N-dealkylation sites (N-methyl/N-ethyl adjacent to an activating group) is 1. The number of hydrogen-bond acceptors (Lipinski definition) is 1. The molecule has 0 spiro atoms. The average Bonchev–Trinajstić information content (AvgIpc) is 1.65. The molecule has 1 rings (SSSR count). The Morgan fingerprint density at radius 2 is 2.57 bits per heavy atom. The van der Waals surface area contributed by atoms with Gasteiger partial charge in [-0.25, -0.2) is 0 Å². The molecule has 0 aliphatic carbocycles. The Morgan fingerprint density at radius 3 is 2.57 bits per heavy atom. The van der Waals surface area contributed by atoms with Gasteiger partial charge in [0.2, 0.25) is 0 Å². The molecule has 1 nitrogen and oxygen atoms in total. The molecule has 0 bridgehead atoms. The lowest BCUT2D eigenvalue weighted by Gasteiger charge is -2.35. The molecule has 1 heterocycles. The zero-order chi connectivity index (χ0) is 5.28. The minimum atomic E-state index is 0.681. The van der Waals surface area contributed by atoms with Crippen LogP contribution in [0.3, 0.4) is 0 Å². The predicted molar refractivity (Wildman–Crippen MR) is 31.2 cm³/mol. The fraction of sp³-hybridized carbons (Fsp3) is 0.667. The van der Waals surface area contributed by atoms with E-state index in [0.717, 1.165) is 0 Å². The van der Waals surface area contributed by atoms with Crippen molar-refractivity contribution in [3.8, 4) is 0 Å². The first kappa shape index (κ1) is 4.85. The van der Waals surface area contributed by atoms with Gasteiger partial charge in [-0.2, -0.15) is 0 Å². The Balaban J connectivity index is 2.28. The minimum Gasteiger partial charge on any atom is -0.300 e. The lowest BCUT2D eigenvalue weighted by Crippen LogP contribution is -2.42. The quantitative estimate of drug-likeness (QED) is 0.439.